The zero-order valence-electron chi connectivity index (χ0n) is 22.1. The molecule has 0 aliphatic rings. The molecule has 0 spiro atoms. The lowest BCUT2D eigenvalue weighted by molar-refractivity contribution is 0.600. The lowest BCUT2D eigenvalue weighted by Crippen LogP contribution is -2.06. The lowest BCUT2D eigenvalue weighted by Gasteiger charge is -2.13. The SMILES string of the molecule is CCCc1nc2c(C)cc(-c3cn(C(C)C)cn3)cc2n1Cc1ccc(-c2ccccc2)c(CC#N)c1. The van der Waals surface area contributed by atoms with Crippen LogP contribution in [-0.2, 0) is 19.4 Å². The van der Waals surface area contributed by atoms with Crippen molar-refractivity contribution in [2.24, 2.45) is 0 Å². The van der Waals surface area contributed by atoms with Crippen LogP contribution < -0.4 is 0 Å². The van der Waals surface area contributed by atoms with Crippen LogP contribution in [0.1, 0.15) is 55.7 Å². The number of fused-ring (bicyclic) bond motifs is 1. The maximum atomic E-state index is 9.53. The van der Waals surface area contributed by atoms with Crippen molar-refractivity contribution in [1.29, 1.82) is 5.26 Å². The van der Waals surface area contributed by atoms with Gasteiger partial charge in [0.1, 0.15) is 5.82 Å². The third-order valence-electron chi connectivity index (χ3n) is 6.96. The van der Waals surface area contributed by atoms with Gasteiger partial charge in [-0.1, -0.05) is 55.5 Å². The van der Waals surface area contributed by atoms with Crippen LogP contribution >= 0.6 is 0 Å². The van der Waals surface area contributed by atoms with Crippen molar-refractivity contribution < 1.29 is 0 Å². The highest BCUT2D eigenvalue weighted by Gasteiger charge is 2.16. The maximum absolute atomic E-state index is 9.53. The van der Waals surface area contributed by atoms with E-state index in [4.69, 9.17) is 4.98 Å². The molecule has 2 heterocycles. The molecule has 0 saturated heterocycles. The summed E-state index contributed by atoms with van der Waals surface area (Å²) in [4.78, 5) is 9.76. The fraction of sp³-hybridized carbons (Fsp3) is 0.281. The number of aromatic nitrogens is 4. The van der Waals surface area contributed by atoms with Gasteiger partial charge in [0.05, 0.1) is 35.5 Å². The number of aryl methyl sites for hydroxylation is 2. The molecule has 0 aliphatic heterocycles. The normalized spacial score (nSPS) is 11.4. The number of rotatable bonds is 8. The van der Waals surface area contributed by atoms with Crippen molar-refractivity contribution in [2.75, 3.05) is 0 Å². The molecule has 0 atom stereocenters. The smallest absolute Gasteiger partial charge is 0.110 e. The van der Waals surface area contributed by atoms with Gasteiger partial charge in [0.25, 0.3) is 0 Å². The van der Waals surface area contributed by atoms with Crippen molar-refractivity contribution in [3.63, 3.8) is 0 Å². The van der Waals surface area contributed by atoms with E-state index < -0.39 is 0 Å². The van der Waals surface area contributed by atoms with E-state index in [2.05, 4.69) is 96.5 Å². The second-order valence-corrected chi connectivity index (χ2v) is 10.0. The molecule has 5 rings (SSSR count). The van der Waals surface area contributed by atoms with Gasteiger partial charge in [-0.05, 0) is 67.1 Å². The number of imidazole rings is 2. The second kappa shape index (κ2) is 10.4. The highest BCUT2D eigenvalue weighted by molar-refractivity contribution is 5.85. The van der Waals surface area contributed by atoms with E-state index in [-0.39, 0.29) is 0 Å². The number of hydrogen-bond acceptors (Lipinski definition) is 3. The molecule has 0 amide bonds. The third-order valence-corrected chi connectivity index (χ3v) is 6.96. The van der Waals surface area contributed by atoms with Crippen molar-refractivity contribution in [3.05, 3.63) is 95.7 Å². The first-order valence-corrected chi connectivity index (χ1v) is 13.1. The molecular weight excluding hydrogens is 454 g/mol. The summed E-state index contributed by atoms with van der Waals surface area (Å²) in [6.45, 7) is 9.37. The van der Waals surface area contributed by atoms with Gasteiger partial charge in [-0.25, -0.2) is 9.97 Å². The zero-order chi connectivity index (χ0) is 25.9. The molecule has 186 valence electrons. The maximum Gasteiger partial charge on any atom is 0.110 e. The van der Waals surface area contributed by atoms with Gasteiger partial charge in [-0.2, -0.15) is 5.26 Å². The molecule has 37 heavy (non-hydrogen) atoms. The summed E-state index contributed by atoms with van der Waals surface area (Å²) >= 11 is 0. The molecular formula is C32H33N5. The zero-order valence-corrected chi connectivity index (χ0v) is 22.1. The highest BCUT2D eigenvalue weighted by atomic mass is 15.1. The van der Waals surface area contributed by atoms with Gasteiger partial charge in [0.2, 0.25) is 0 Å². The first-order chi connectivity index (χ1) is 18.0. The van der Waals surface area contributed by atoms with Crippen LogP contribution in [0.25, 0.3) is 33.4 Å². The summed E-state index contributed by atoms with van der Waals surface area (Å²) in [5, 5.41) is 9.53. The second-order valence-electron chi connectivity index (χ2n) is 10.0. The Bertz CT molecular complexity index is 1580. The van der Waals surface area contributed by atoms with Crippen LogP contribution in [0.4, 0.5) is 0 Å². The van der Waals surface area contributed by atoms with Gasteiger partial charge in [-0.3, -0.25) is 0 Å². The van der Waals surface area contributed by atoms with E-state index >= 15 is 0 Å². The van der Waals surface area contributed by atoms with Crippen LogP contribution in [0.15, 0.2) is 73.2 Å². The minimum Gasteiger partial charge on any atom is -0.334 e. The summed E-state index contributed by atoms with van der Waals surface area (Å²) in [6.07, 6.45) is 6.35. The third kappa shape index (κ3) is 4.93. The standard InChI is InChI=1S/C32H33N5/c1-5-9-31-35-32-23(4)16-27(29-20-36(21-34-29)22(2)3)18-30(32)37(31)19-24-12-13-28(26(17-24)14-15-33)25-10-7-6-8-11-25/h6-8,10-13,16-18,20-22H,5,9,14,19H2,1-4H3. The van der Waals surface area contributed by atoms with Crippen LogP contribution in [-0.4, -0.2) is 19.1 Å². The van der Waals surface area contributed by atoms with E-state index in [1.54, 1.807) is 0 Å². The lowest BCUT2D eigenvalue weighted by atomic mass is 9.96. The van der Waals surface area contributed by atoms with Crippen molar-refractivity contribution in [3.8, 4) is 28.5 Å². The van der Waals surface area contributed by atoms with Gasteiger partial charge in [0, 0.05) is 30.8 Å². The average molecular weight is 488 g/mol. The number of benzene rings is 3. The predicted octanol–water partition coefficient (Wildman–Crippen LogP) is 7.52. The fourth-order valence-corrected chi connectivity index (χ4v) is 5.01. The Kier molecular flexibility index (Phi) is 6.92. The summed E-state index contributed by atoms with van der Waals surface area (Å²) in [5.41, 5.74) is 9.92. The first kappa shape index (κ1) is 24.5. The van der Waals surface area contributed by atoms with Crippen LogP contribution in [0.5, 0.6) is 0 Å². The molecule has 5 heteroatoms. The summed E-state index contributed by atoms with van der Waals surface area (Å²) in [6, 6.07) is 24.0. The van der Waals surface area contributed by atoms with Gasteiger partial charge < -0.3 is 9.13 Å². The number of nitrogens with zero attached hydrogens (tertiary/aromatic N) is 5. The molecule has 0 radical (unpaired) electrons. The van der Waals surface area contributed by atoms with Crippen LogP contribution in [0.3, 0.4) is 0 Å². The minimum atomic E-state index is 0.370. The van der Waals surface area contributed by atoms with E-state index in [0.29, 0.717) is 19.0 Å². The Hall–Kier alpha value is -4.17. The molecule has 0 saturated carbocycles. The Balaban J connectivity index is 1.59. The summed E-state index contributed by atoms with van der Waals surface area (Å²) in [5.74, 6) is 1.10. The quantitative estimate of drug-likeness (QED) is 0.227. The van der Waals surface area contributed by atoms with E-state index in [1.165, 1.54) is 5.56 Å². The molecule has 2 aromatic heterocycles. The highest BCUT2D eigenvalue weighted by Crippen LogP contribution is 2.30. The van der Waals surface area contributed by atoms with Crippen molar-refractivity contribution in [1.82, 2.24) is 19.1 Å². The monoisotopic (exact) mass is 487 g/mol. The van der Waals surface area contributed by atoms with Crippen LogP contribution in [0.2, 0.25) is 0 Å². The molecule has 0 fully saturated rings. The summed E-state index contributed by atoms with van der Waals surface area (Å²) in [7, 11) is 0. The molecule has 5 nitrogen and oxygen atoms in total. The number of nitriles is 1. The summed E-state index contributed by atoms with van der Waals surface area (Å²) < 4.78 is 4.49. The fourth-order valence-electron chi connectivity index (χ4n) is 5.01. The van der Waals surface area contributed by atoms with Crippen molar-refractivity contribution in [2.45, 2.75) is 59.5 Å². The first-order valence-electron chi connectivity index (χ1n) is 13.1. The molecule has 5 aromatic rings. The molecule has 0 unspecified atom stereocenters. The van der Waals surface area contributed by atoms with Gasteiger partial charge >= 0.3 is 0 Å². The molecule has 0 aliphatic carbocycles. The van der Waals surface area contributed by atoms with Gasteiger partial charge in [0.15, 0.2) is 0 Å². The van der Waals surface area contributed by atoms with E-state index in [9.17, 15) is 5.26 Å². The molecule has 3 aromatic carbocycles. The Morgan fingerprint density at radius 1 is 1.00 bits per heavy atom. The molecule has 0 bridgehead atoms. The van der Waals surface area contributed by atoms with E-state index in [0.717, 1.165) is 63.2 Å². The minimum absolute atomic E-state index is 0.370. The van der Waals surface area contributed by atoms with E-state index in [1.807, 2.05) is 24.5 Å². The van der Waals surface area contributed by atoms with Gasteiger partial charge in [-0.15, -0.1) is 0 Å². The Labute approximate surface area is 219 Å². The largest absolute Gasteiger partial charge is 0.334 e. The Morgan fingerprint density at radius 3 is 2.51 bits per heavy atom. The predicted molar refractivity (Wildman–Crippen MR) is 150 cm³/mol. The topological polar surface area (TPSA) is 59.4 Å². The number of hydrogen-bond donors (Lipinski definition) is 0. The average Bonchev–Trinajstić information content (AvgIpc) is 3.52. The van der Waals surface area contributed by atoms with Crippen molar-refractivity contribution >= 4 is 11.0 Å². The Morgan fingerprint density at radius 2 is 1.81 bits per heavy atom. The van der Waals surface area contributed by atoms with Crippen LogP contribution in [0, 0.1) is 18.3 Å². The molecule has 0 N–H and O–H groups in total.